The Kier molecular flexibility index (Phi) is 1.58. The van der Waals surface area contributed by atoms with Crippen LogP contribution in [-0.2, 0) is 16.7 Å². The standard InChI is InChI=1S/C11H11FN2O/c12-8-1-2-9-7(5-8)3-4-11(9)6-15-10(13)14-11/h1-2,5H,3-4,6H2,(H2,13,14). The van der Waals surface area contributed by atoms with Gasteiger partial charge in [-0.05, 0) is 36.1 Å². The fourth-order valence-corrected chi connectivity index (χ4v) is 2.43. The molecule has 4 heteroatoms. The zero-order chi connectivity index (χ0) is 10.5. The normalized spacial score (nSPS) is 27.7. The van der Waals surface area contributed by atoms with Crippen molar-refractivity contribution in [3.8, 4) is 0 Å². The van der Waals surface area contributed by atoms with Gasteiger partial charge in [0.1, 0.15) is 18.0 Å². The lowest BCUT2D eigenvalue weighted by Gasteiger charge is -2.18. The summed E-state index contributed by atoms with van der Waals surface area (Å²) in [7, 11) is 0. The molecular weight excluding hydrogens is 195 g/mol. The number of rotatable bonds is 0. The highest BCUT2D eigenvalue weighted by Gasteiger charge is 2.43. The lowest BCUT2D eigenvalue weighted by molar-refractivity contribution is 0.253. The van der Waals surface area contributed by atoms with Gasteiger partial charge in [-0.2, -0.15) is 0 Å². The highest BCUT2D eigenvalue weighted by Crippen LogP contribution is 2.42. The average molecular weight is 206 g/mol. The third-order valence-electron chi connectivity index (χ3n) is 3.16. The summed E-state index contributed by atoms with van der Waals surface area (Å²) in [6.45, 7) is 0.484. The molecule has 1 heterocycles. The van der Waals surface area contributed by atoms with Crippen molar-refractivity contribution in [3.05, 3.63) is 35.1 Å². The Morgan fingerprint density at radius 1 is 1.47 bits per heavy atom. The summed E-state index contributed by atoms with van der Waals surface area (Å²) < 4.78 is 18.2. The summed E-state index contributed by atoms with van der Waals surface area (Å²) in [6.07, 6.45) is 1.69. The van der Waals surface area contributed by atoms with Crippen molar-refractivity contribution in [2.75, 3.05) is 6.61 Å². The van der Waals surface area contributed by atoms with E-state index in [0.717, 1.165) is 24.0 Å². The molecule has 0 fully saturated rings. The van der Waals surface area contributed by atoms with Gasteiger partial charge in [-0.15, -0.1) is 0 Å². The number of fused-ring (bicyclic) bond motifs is 2. The van der Waals surface area contributed by atoms with Crippen molar-refractivity contribution in [2.45, 2.75) is 18.4 Å². The van der Waals surface area contributed by atoms with Crippen LogP contribution in [0.15, 0.2) is 23.2 Å². The number of nitrogens with two attached hydrogens (primary N) is 1. The van der Waals surface area contributed by atoms with Crippen molar-refractivity contribution in [3.63, 3.8) is 0 Å². The molecular formula is C11H11FN2O. The van der Waals surface area contributed by atoms with Crippen LogP contribution in [0.1, 0.15) is 17.5 Å². The Morgan fingerprint density at radius 2 is 2.33 bits per heavy atom. The predicted molar refractivity (Wildman–Crippen MR) is 54.0 cm³/mol. The third-order valence-corrected chi connectivity index (χ3v) is 3.16. The number of nitrogens with zero attached hydrogens (tertiary/aromatic N) is 1. The number of aryl methyl sites for hydroxylation is 1. The van der Waals surface area contributed by atoms with Gasteiger partial charge in [-0.25, -0.2) is 9.38 Å². The van der Waals surface area contributed by atoms with Crippen LogP contribution in [-0.4, -0.2) is 12.6 Å². The lowest BCUT2D eigenvalue weighted by atomic mass is 9.94. The van der Waals surface area contributed by atoms with Crippen molar-refractivity contribution >= 4 is 6.02 Å². The minimum Gasteiger partial charge on any atom is -0.462 e. The van der Waals surface area contributed by atoms with Crippen molar-refractivity contribution < 1.29 is 9.13 Å². The number of halogens is 1. The van der Waals surface area contributed by atoms with Gasteiger partial charge in [0.25, 0.3) is 6.02 Å². The summed E-state index contributed by atoms with van der Waals surface area (Å²) in [5, 5.41) is 0. The first kappa shape index (κ1) is 8.71. The third kappa shape index (κ3) is 1.14. The maximum Gasteiger partial charge on any atom is 0.283 e. The number of benzene rings is 1. The first-order valence-corrected chi connectivity index (χ1v) is 4.97. The summed E-state index contributed by atoms with van der Waals surface area (Å²) in [4.78, 5) is 4.34. The molecule has 3 nitrogen and oxygen atoms in total. The van der Waals surface area contributed by atoms with E-state index in [1.807, 2.05) is 0 Å². The van der Waals surface area contributed by atoms with E-state index in [0.29, 0.717) is 6.61 Å². The summed E-state index contributed by atoms with van der Waals surface area (Å²) >= 11 is 0. The van der Waals surface area contributed by atoms with Gasteiger partial charge in [0.2, 0.25) is 0 Å². The summed E-state index contributed by atoms with van der Waals surface area (Å²) in [5.74, 6) is -0.193. The summed E-state index contributed by atoms with van der Waals surface area (Å²) in [6, 6.07) is 5.08. The van der Waals surface area contributed by atoms with Gasteiger partial charge >= 0.3 is 0 Å². The van der Waals surface area contributed by atoms with E-state index in [2.05, 4.69) is 4.99 Å². The van der Waals surface area contributed by atoms with E-state index in [-0.39, 0.29) is 17.4 Å². The zero-order valence-corrected chi connectivity index (χ0v) is 8.16. The Balaban J connectivity index is 2.12. The van der Waals surface area contributed by atoms with Gasteiger partial charge in [-0.1, -0.05) is 6.07 Å². The Bertz CT molecular complexity index is 458. The molecule has 78 valence electrons. The smallest absolute Gasteiger partial charge is 0.283 e. The molecule has 0 aromatic heterocycles. The van der Waals surface area contributed by atoms with Gasteiger partial charge < -0.3 is 10.5 Å². The molecule has 1 aromatic rings. The van der Waals surface area contributed by atoms with Gasteiger partial charge in [0.05, 0.1) is 0 Å². The quantitative estimate of drug-likeness (QED) is 0.695. The number of aliphatic imine (C=N–C) groups is 1. The number of ether oxygens (including phenoxy) is 1. The van der Waals surface area contributed by atoms with Crippen molar-refractivity contribution in [2.24, 2.45) is 10.7 Å². The van der Waals surface area contributed by atoms with E-state index < -0.39 is 0 Å². The maximum atomic E-state index is 13.0. The van der Waals surface area contributed by atoms with E-state index in [9.17, 15) is 4.39 Å². The number of hydrogen-bond acceptors (Lipinski definition) is 3. The largest absolute Gasteiger partial charge is 0.462 e. The first-order valence-electron chi connectivity index (χ1n) is 4.97. The molecule has 0 saturated heterocycles. The maximum absolute atomic E-state index is 13.0. The molecule has 3 rings (SSSR count). The topological polar surface area (TPSA) is 47.6 Å². The van der Waals surface area contributed by atoms with E-state index in [1.54, 1.807) is 12.1 Å². The Hall–Kier alpha value is -1.58. The number of amidine groups is 1. The fourth-order valence-electron chi connectivity index (χ4n) is 2.43. The van der Waals surface area contributed by atoms with Gasteiger partial charge in [0.15, 0.2) is 0 Å². The van der Waals surface area contributed by atoms with Crippen molar-refractivity contribution in [1.82, 2.24) is 0 Å². The molecule has 0 radical (unpaired) electrons. The Morgan fingerprint density at radius 3 is 3.07 bits per heavy atom. The molecule has 1 aromatic carbocycles. The van der Waals surface area contributed by atoms with Crippen molar-refractivity contribution in [1.29, 1.82) is 0 Å². The molecule has 0 saturated carbocycles. The van der Waals surface area contributed by atoms with Crippen LogP contribution < -0.4 is 5.73 Å². The van der Waals surface area contributed by atoms with Gasteiger partial charge in [-0.3, -0.25) is 0 Å². The first-order chi connectivity index (χ1) is 7.20. The monoisotopic (exact) mass is 206 g/mol. The SMILES string of the molecule is NC1=NC2(CCc3cc(F)ccc32)CO1. The molecule has 15 heavy (non-hydrogen) atoms. The zero-order valence-electron chi connectivity index (χ0n) is 8.16. The second-order valence-electron chi connectivity index (χ2n) is 4.07. The Labute approximate surface area is 86.8 Å². The highest BCUT2D eigenvalue weighted by atomic mass is 19.1. The lowest BCUT2D eigenvalue weighted by Crippen LogP contribution is -2.21. The average Bonchev–Trinajstić information content (AvgIpc) is 2.73. The predicted octanol–water partition coefficient (Wildman–Crippen LogP) is 1.31. The molecule has 0 bridgehead atoms. The van der Waals surface area contributed by atoms with Gasteiger partial charge in [0, 0.05) is 0 Å². The van der Waals surface area contributed by atoms with E-state index in [4.69, 9.17) is 10.5 Å². The molecule has 1 aliphatic carbocycles. The molecule has 1 aliphatic heterocycles. The minimum absolute atomic E-state index is 0.193. The van der Waals surface area contributed by atoms with Crippen LogP contribution in [0.2, 0.25) is 0 Å². The highest BCUT2D eigenvalue weighted by molar-refractivity contribution is 5.74. The van der Waals surface area contributed by atoms with Crippen LogP contribution in [0.3, 0.4) is 0 Å². The second-order valence-corrected chi connectivity index (χ2v) is 4.07. The molecule has 1 atom stereocenters. The molecule has 1 unspecified atom stereocenters. The summed E-state index contributed by atoms with van der Waals surface area (Å²) in [5.41, 5.74) is 7.27. The van der Waals surface area contributed by atoms with Crippen LogP contribution in [0.4, 0.5) is 4.39 Å². The van der Waals surface area contributed by atoms with Crippen LogP contribution in [0.25, 0.3) is 0 Å². The van der Waals surface area contributed by atoms with E-state index >= 15 is 0 Å². The molecule has 1 spiro atoms. The number of hydrogen-bond donors (Lipinski definition) is 1. The van der Waals surface area contributed by atoms with E-state index in [1.165, 1.54) is 6.07 Å². The molecule has 2 aliphatic rings. The second kappa shape index (κ2) is 2.72. The minimum atomic E-state index is -0.340. The molecule has 2 N–H and O–H groups in total. The van der Waals surface area contributed by atoms with Crippen LogP contribution >= 0.6 is 0 Å². The fraction of sp³-hybridized carbons (Fsp3) is 0.364. The van der Waals surface area contributed by atoms with Crippen LogP contribution in [0, 0.1) is 5.82 Å². The molecule has 0 amide bonds. The van der Waals surface area contributed by atoms with Crippen LogP contribution in [0.5, 0.6) is 0 Å².